The Kier molecular flexibility index (Phi) is 7.41. The fraction of sp³-hybridized carbons (Fsp3) is 0.222. The zero-order valence-electron chi connectivity index (χ0n) is 19.8. The summed E-state index contributed by atoms with van der Waals surface area (Å²) < 4.78 is 11.6. The van der Waals surface area contributed by atoms with E-state index in [2.05, 4.69) is 4.99 Å². The lowest BCUT2D eigenvalue weighted by Crippen LogP contribution is -2.28. The van der Waals surface area contributed by atoms with Crippen LogP contribution in [0.5, 0.6) is 11.5 Å². The van der Waals surface area contributed by atoms with Gasteiger partial charge >= 0.3 is 5.97 Å². The van der Waals surface area contributed by atoms with Gasteiger partial charge in [-0.3, -0.25) is 9.69 Å². The number of benzene rings is 3. The van der Waals surface area contributed by atoms with Gasteiger partial charge in [0.1, 0.15) is 11.5 Å². The molecule has 0 saturated carbocycles. The Hall–Kier alpha value is -3.78. The van der Waals surface area contributed by atoms with Gasteiger partial charge in [-0.1, -0.05) is 18.2 Å². The number of rotatable bonds is 8. The van der Waals surface area contributed by atoms with E-state index in [4.69, 9.17) is 9.47 Å². The monoisotopic (exact) mass is 490 g/mol. The van der Waals surface area contributed by atoms with E-state index in [1.165, 1.54) is 23.9 Å². The number of carbonyl (C=O) groups is 2. The van der Waals surface area contributed by atoms with Crippen molar-refractivity contribution in [3.05, 3.63) is 70.6 Å². The predicted octanol–water partition coefficient (Wildman–Crippen LogP) is 5.96. The first-order chi connectivity index (χ1) is 16.9. The van der Waals surface area contributed by atoms with Gasteiger partial charge in [0.25, 0.3) is 5.91 Å². The van der Waals surface area contributed by atoms with Crippen molar-refractivity contribution in [3.63, 3.8) is 0 Å². The van der Waals surface area contributed by atoms with Crippen LogP contribution in [0.1, 0.15) is 36.7 Å². The Balaban J connectivity index is 1.80. The molecule has 3 aromatic rings. The minimum atomic E-state index is -1.03. The fourth-order valence-corrected chi connectivity index (χ4v) is 4.85. The van der Waals surface area contributed by atoms with E-state index < -0.39 is 5.97 Å². The third-order valence-corrected chi connectivity index (χ3v) is 6.41. The van der Waals surface area contributed by atoms with Gasteiger partial charge in [-0.25, -0.2) is 9.79 Å². The van der Waals surface area contributed by atoms with Gasteiger partial charge in [0.15, 0.2) is 5.17 Å². The highest BCUT2D eigenvalue weighted by Crippen LogP contribution is 2.38. The number of nitrogens with zero attached hydrogens (tertiary/aromatic N) is 2. The second-order valence-electron chi connectivity index (χ2n) is 7.64. The topological polar surface area (TPSA) is 88.4 Å². The van der Waals surface area contributed by atoms with Crippen LogP contribution in [-0.4, -0.2) is 46.8 Å². The van der Waals surface area contributed by atoms with Crippen molar-refractivity contribution < 1.29 is 24.2 Å². The van der Waals surface area contributed by atoms with Crippen LogP contribution in [0.15, 0.2) is 64.5 Å². The summed E-state index contributed by atoms with van der Waals surface area (Å²) in [4.78, 5) is 31.3. The first-order valence-corrected chi connectivity index (χ1v) is 12.2. The standard InChI is InChI=1S/C27H26N2O5S/c1-4-29-25(30)24(35-27(29)28-19-9-7-8-18(14-19)26(31)32)16-22-21-15-20(33-5-2)12-10-17(21)11-13-23(22)34-6-3/h7-16H,4-6H2,1-3H3,(H,31,32). The number of aliphatic imine (C=N–C) groups is 1. The molecule has 4 rings (SSSR count). The smallest absolute Gasteiger partial charge is 0.335 e. The number of aromatic carboxylic acids is 1. The van der Waals surface area contributed by atoms with Crippen LogP contribution in [0, 0.1) is 0 Å². The summed E-state index contributed by atoms with van der Waals surface area (Å²) in [6.45, 7) is 7.20. The highest BCUT2D eigenvalue weighted by molar-refractivity contribution is 8.18. The third-order valence-electron chi connectivity index (χ3n) is 5.40. The number of carbonyl (C=O) groups excluding carboxylic acids is 1. The Morgan fingerprint density at radius 2 is 1.83 bits per heavy atom. The maximum atomic E-state index is 13.3. The quantitative estimate of drug-likeness (QED) is 0.392. The molecule has 1 fully saturated rings. The van der Waals surface area contributed by atoms with E-state index in [1.807, 2.05) is 57.2 Å². The number of hydrogen-bond donors (Lipinski definition) is 1. The lowest BCUT2D eigenvalue weighted by Gasteiger charge is -2.13. The summed E-state index contributed by atoms with van der Waals surface area (Å²) >= 11 is 1.26. The van der Waals surface area contributed by atoms with Crippen LogP contribution >= 0.6 is 11.8 Å². The van der Waals surface area contributed by atoms with Crippen molar-refractivity contribution in [1.29, 1.82) is 0 Å². The van der Waals surface area contributed by atoms with Gasteiger partial charge in [0, 0.05) is 12.1 Å². The number of carboxylic acid groups (broad SMARTS) is 1. The second kappa shape index (κ2) is 10.7. The number of ether oxygens (including phenoxy) is 2. The summed E-state index contributed by atoms with van der Waals surface area (Å²) in [5.41, 5.74) is 1.41. The summed E-state index contributed by atoms with van der Waals surface area (Å²) in [5.74, 6) is 0.235. The molecule has 7 nitrogen and oxygen atoms in total. The molecule has 0 bridgehead atoms. The maximum Gasteiger partial charge on any atom is 0.335 e. The van der Waals surface area contributed by atoms with Crippen LogP contribution in [0.25, 0.3) is 16.8 Å². The Bertz CT molecular complexity index is 1340. The van der Waals surface area contributed by atoms with E-state index in [-0.39, 0.29) is 11.5 Å². The van der Waals surface area contributed by atoms with Crippen LogP contribution in [0.3, 0.4) is 0 Å². The first kappa shape index (κ1) is 24.3. The van der Waals surface area contributed by atoms with Crippen LogP contribution in [0.2, 0.25) is 0 Å². The molecule has 1 heterocycles. The summed E-state index contributed by atoms with van der Waals surface area (Å²) in [5, 5.41) is 11.7. The van der Waals surface area contributed by atoms with Crippen molar-refractivity contribution in [2.24, 2.45) is 4.99 Å². The summed E-state index contributed by atoms with van der Waals surface area (Å²) in [6, 6.07) is 16.1. The number of likely N-dealkylation sites (N-methyl/N-ethyl adjacent to an activating group) is 1. The Morgan fingerprint density at radius 3 is 2.54 bits per heavy atom. The SMILES string of the molecule is CCOc1ccc2ccc(OCC)c(C=C3SC(=Nc4cccc(C(=O)O)c4)N(CC)C3=O)c2c1. The molecule has 1 aliphatic rings. The minimum absolute atomic E-state index is 0.141. The minimum Gasteiger partial charge on any atom is -0.494 e. The number of hydrogen-bond acceptors (Lipinski definition) is 6. The lowest BCUT2D eigenvalue weighted by atomic mass is 10.0. The van der Waals surface area contributed by atoms with E-state index in [0.29, 0.717) is 41.3 Å². The van der Waals surface area contributed by atoms with E-state index in [1.54, 1.807) is 17.0 Å². The molecule has 0 spiro atoms. The van der Waals surface area contributed by atoms with Crippen LogP contribution in [-0.2, 0) is 4.79 Å². The third kappa shape index (κ3) is 5.17. The van der Waals surface area contributed by atoms with Crippen LogP contribution in [0.4, 0.5) is 5.69 Å². The molecule has 180 valence electrons. The lowest BCUT2D eigenvalue weighted by molar-refractivity contribution is -0.122. The average molecular weight is 491 g/mol. The number of amides is 1. The highest BCUT2D eigenvalue weighted by Gasteiger charge is 2.32. The molecule has 0 aliphatic carbocycles. The predicted molar refractivity (Wildman–Crippen MR) is 140 cm³/mol. The van der Waals surface area contributed by atoms with E-state index >= 15 is 0 Å². The largest absolute Gasteiger partial charge is 0.494 e. The Labute approximate surface area is 208 Å². The molecule has 35 heavy (non-hydrogen) atoms. The second-order valence-corrected chi connectivity index (χ2v) is 8.65. The van der Waals surface area contributed by atoms with Crippen molar-refractivity contribution in [2.75, 3.05) is 19.8 Å². The van der Waals surface area contributed by atoms with Gasteiger partial charge in [-0.2, -0.15) is 0 Å². The fourth-order valence-electron chi connectivity index (χ4n) is 3.81. The molecule has 0 unspecified atom stereocenters. The highest BCUT2D eigenvalue weighted by atomic mass is 32.2. The molecule has 0 radical (unpaired) electrons. The molecule has 0 aromatic heterocycles. The number of carboxylic acids is 1. The van der Waals surface area contributed by atoms with Crippen molar-refractivity contribution >= 4 is 51.3 Å². The van der Waals surface area contributed by atoms with Crippen LogP contribution < -0.4 is 9.47 Å². The van der Waals surface area contributed by atoms with Crippen molar-refractivity contribution in [2.45, 2.75) is 20.8 Å². The molecule has 1 saturated heterocycles. The van der Waals surface area contributed by atoms with Crippen molar-refractivity contribution in [3.8, 4) is 11.5 Å². The van der Waals surface area contributed by atoms with Gasteiger partial charge in [-0.15, -0.1) is 0 Å². The number of fused-ring (bicyclic) bond motifs is 1. The molecule has 3 aromatic carbocycles. The zero-order chi connectivity index (χ0) is 24.9. The first-order valence-electron chi connectivity index (χ1n) is 11.4. The normalized spacial score (nSPS) is 15.9. The molecule has 8 heteroatoms. The molecule has 1 amide bonds. The molecule has 1 N–H and O–H groups in total. The summed E-state index contributed by atoms with van der Waals surface area (Å²) in [7, 11) is 0. The molecule has 0 atom stereocenters. The number of thioether (sulfide) groups is 1. The van der Waals surface area contributed by atoms with Gasteiger partial charge in [0.05, 0.1) is 29.4 Å². The van der Waals surface area contributed by atoms with Gasteiger partial charge < -0.3 is 14.6 Å². The molecular formula is C27H26N2O5S. The number of amidine groups is 1. The van der Waals surface area contributed by atoms with E-state index in [9.17, 15) is 14.7 Å². The average Bonchev–Trinajstić information content (AvgIpc) is 3.14. The molecular weight excluding hydrogens is 464 g/mol. The zero-order valence-corrected chi connectivity index (χ0v) is 20.6. The Morgan fingerprint density at radius 1 is 1.06 bits per heavy atom. The molecule has 1 aliphatic heterocycles. The summed E-state index contributed by atoms with van der Waals surface area (Å²) in [6.07, 6.45) is 1.84. The van der Waals surface area contributed by atoms with E-state index in [0.717, 1.165) is 22.1 Å². The van der Waals surface area contributed by atoms with Crippen molar-refractivity contribution in [1.82, 2.24) is 4.90 Å². The van der Waals surface area contributed by atoms with Gasteiger partial charge in [0.2, 0.25) is 0 Å². The van der Waals surface area contributed by atoms with Gasteiger partial charge in [-0.05, 0) is 85.8 Å². The maximum absolute atomic E-state index is 13.3.